The van der Waals surface area contributed by atoms with Gasteiger partial charge in [-0.05, 0) is 91.2 Å². The molecule has 0 aliphatic carbocycles. The number of piperidine rings is 2. The van der Waals surface area contributed by atoms with E-state index in [4.69, 9.17) is 19.9 Å². The molecule has 0 bridgehead atoms. The molecule has 2 saturated heterocycles. The minimum atomic E-state index is -0.682. The minimum Gasteiger partial charge on any atom is -0.491 e. The second-order valence-corrected chi connectivity index (χ2v) is 14.1. The maximum absolute atomic E-state index is 13.5. The van der Waals surface area contributed by atoms with E-state index in [2.05, 4.69) is 10.3 Å². The summed E-state index contributed by atoms with van der Waals surface area (Å²) in [5.41, 5.74) is 4.98. The summed E-state index contributed by atoms with van der Waals surface area (Å²) in [4.78, 5) is 59.7. The number of amides is 3. The highest BCUT2D eigenvalue weighted by atomic mass is 16.6. The van der Waals surface area contributed by atoms with Crippen LogP contribution in [0.2, 0.25) is 0 Å². The molecular weight excluding hydrogens is 578 g/mol. The minimum absolute atomic E-state index is 0.0429. The number of nitrogens with zero attached hydrogens (tertiary/aromatic N) is 3. The van der Waals surface area contributed by atoms with Gasteiger partial charge in [0.2, 0.25) is 11.8 Å². The van der Waals surface area contributed by atoms with E-state index >= 15 is 0 Å². The second kappa shape index (κ2) is 16.2. The molecule has 2 aliphatic heterocycles. The highest BCUT2D eigenvalue weighted by Gasteiger charge is 2.32. The van der Waals surface area contributed by atoms with E-state index < -0.39 is 29.1 Å². The van der Waals surface area contributed by atoms with Crippen molar-refractivity contribution in [1.82, 2.24) is 20.1 Å². The molecule has 45 heavy (non-hydrogen) atoms. The summed E-state index contributed by atoms with van der Waals surface area (Å²) in [5, 5.41) is 3.03. The molecule has 0 spiro atoms. The van der Waals surface area contributed by atoms with Crippen molar-refractivity contribution in [2.75, 3.05) is 39.3 Å². The summed E-state index contributed by atoms with van der Waals surface area (Å²) < 4.78 is 16.6. The highest BCUT2D eigenvalue weighted by molar-refractivity contribution is 5.82. The monoisotopic (exact) mass is 631 g/mol. The lowest BCUT2D eigenvalue weighted by Gasteiger charge is -2.35. The Morgan fingerprint density at radius 1 is 0.978 bits per heavy atom. The van der Waals surface area contributed by atoms with Gasteiger partial charge in [0.25, 0.3) is 0 Å². The summed E-state index contributed by atoms with van der Waals surface area (Å²) in [7, 11) is 0. The van der Waals surface area contributed by atoms with Gasteiger partial charge in [-0.2, -0.15) is 0 Å². The van der Waals surface area contributed by atoms with Crippen LogP contribution in [0, 0.1) is 11.8 Å². The predicted molar refractivity (Wildman–Crippen MR) is 169 cm³/mol. The standard InChI is InChI=1S/C33H53N5O7/c1-32(2,3)44-29(40)19-27(25-18-26(21-35-20-25)43-17-13-34)36-30(41)24-8-7-14-38(22-24)28(39)10-9-23-11-15-37(16-12-23)31(42)45-33(4,5)6/h18,20-21,23-24,27H,7-17,19,22,34H2,1-6H3,(H,36,41)/t24-,27+/m1/s1. The van der Waals surface area contributed by atoms with Crippen molar-refractivity contribution in [3.8, 4) is 5.75 Å². The predicted octanol–water partition coefficient (Wildman–Crippen LogP) is 3.97. The highest BCUT2D eigenvalue weighted by Crippen LogP contribution is 2.27. The van der Waals surface area contributed by atoms with E-state index in [0.29, 0.717) is 69.4 Å². The number of rotatable bonds is 11. The third-order valence-electron chi connectivity index (χ3n) is 7.81. The summed E-state index contributed by atoms with van der Waals surface area (Å²) >= 11 is 0. The van der Waals surface area contributed by atoms with Gasteiger partial charge in [0.15, 0.2) is 0 Å². The summed E-state index contributed by atoms with van der Waals surface area (Å²) in [5.74, 6) is -0.163. The van der Waals surface area contributed by atoms with Crippen LogP contribution in [-0.4, -0.2) is 89.2 Å². The van der Waals surface area contributed by atoms with Crippen LogP contribution in [0.1, 0.15) is 98.1 Å². The Balaban J connectivity index is 1.56. The lowest BCUT2D eigenvalue weighted by atomic mass is 9.91. The number of likely N-dealkylation sites (tertiary alicyclic amines) is 2. The van der Waals surface area contributed by atoms with Gasteiger partial charge in [0.1, 0.15) is 23.6 Å². The number of pyridine rings is 1. The fraction of sp³-hybridized carbons (Fsp3) is 0.727. The van der Waals surface area contributed by atoms with Gasteiger partial charge in [-0.1, -0.05) is 0 Å². The fourth-order valence-corrected chi connectivity index (χ4v) is 5.61. The van der Waals surface area contributed by atoms with Crippen molar-refractivity contribution >= 4 is 23.9 Å². The maximum atomic E-state index is 13.5. The molecule has 0 unspecified atom stereocenters. The van der Waals surface area contributed by atoms with Crippen LogP contribution in [0.25, 0.3) is 0 Å². The molecular formula is C33H53N5O7. The van der Waals surface area contributed by atoms with Crippen LogP contribution in [0.4, 0.5) is 4.79 Å². The van der Waals surface area contributed by atoms with E-state index in [1.807, 2.05) is 20.8 Å². The third kappa shape index (κ3) is 12.5. The van der Waals surface area contributed by atoms with Crippen LogP contribution in [-0.2, 0) is 23.9 Å². The molecule has 2 aliphatic rings. The molecule has 12 heteroatoms. The first-order chi connectivity index (χ1) is 21.1. The Labute approximate surface area is 267 Å². The number of aromatic nitrogens is 1. The van der Waals surface area contributed by atoms with Crippen molar-refractivity contribution in [3.63, 3.8) is 0 Å². The molecule has 0 aromatic carbocycles. The fourth-order valence-electron chi connectivity index (χ4n) is 5.61. The molecule has 12 nitrogen and oxygen atoms in total. The lowest BCUT2D eigenvalue weighted by molar-refractivity contribution is -0.155. The smallest absolute Gasteiger partial charge is 0.410 e. The zero-order chi connectivity index (χ0) is 33.2. The van der Waals surface area contributed by atoms with Crippen LogP contribution in [0.5, 0.6) is 5.75 Å². The Morgan fingerprint density at radius 2 is 1.67 bits per heavy atom. The quantitative estimate of drug-likeness (QED) is 0.345. The average Bonchev–Trinajstić information content (AvgIpc) is 2.97. The van der Waals surface area contributed by atoms with Gasteiger partial charge >= 0.3 is 12.1 Å². The Morgan fingerprint density at radius 3 is 2.31 bits per heavy atom. The number of carbonyl (C=O) groups is 4. The SMILES string of the molecule is CC(C)(C)OC(=O)C[C@H](NC(=O)[C@@H]1CCCN(C(=O)CCC2CCN(C(=O)OC(C)(C)C)CC2)C1)c1cncc(OCCN)c1. The molecule has 3 rings (SSSR count). The summed E-state index contributed by atoms with van der Waals surface area (Å²) in [6.45, 7) is 13.8. The Hall–Kier alpha value is -3.41. The number of esters is 1. The van der Waals surface area contributed by atoms with Gasteiger partial charge in [0, 0.05) is 45.3 Å². The lowest BCUT2D eigenvalue weighted by Crippen LogP contribution is -2.46. The van der Waals surface area contributed by atoms with Gasteiger partial charge < -0.3 is 35.1 Å². The van der Waals surface area contributed by atoms with E-state index in [0.717, 1.165) is 25.7 Å². The number of carbonyl (C=O) groups excluding carboxylic acids is 4. The normalized spacial score (nSPS) is 18.6. The zero-order valence-corrected chi connectivity index (χ0v) is 27.9. The van der Waals surface area contributed by atoms with Crippen molar-refractivity contribution < 1.29 is 33.4 Å². The Bertz CT molecular complexity index is 1150. The average molecular weight is 632 g/mol. The second-order valence-electron chi connectivity index (χ2n) is 14.1. The van der Waals surface area contributed by atoms with E-state index in [1.54, 1.807) is 49.0 Å². The molecule has 0 saturated carbocycles. The first kappa shape index (κ1) is 36.1. The van der Waals surface area contributed by atoms with Crippen LogP contribution in [0.15, 0.2) is 18.5 Å². The van der Waals surface area contributed by atoms with Crippen molar-refractivity contribution in [3.05, 3.63) is 24.0 Å². The molecule has 1 aromatic rings. The number of hydrogen-bond acceptors (Lipinski definition) is 9. The molecule has 3 heterocycles. The zero-order valence-electron chi connectivity index (χ0n) is 27.9. The number of nitrogens with one attached hydrogen (secondary N) is 1. The molecule has 2 fully saturated rings. The van der Waals surface area contributed by atoms with Crippen LogP contribution >= 0.6 is 0 Å². The summed E-state index contributed by atoms with van der Waals surface area (Å²) in [6, 6.07) is 1.06. The molecule has 1 aromatic heterocycles. The van der Waals surface area contributed by atoms with E-state index in [-0.39, 0.29) is 24.3 Å². The molecule has 252 valence electrons. The molecule has 0 radical (unpaired) electrons. The van der Waals surface area contributed by atoms with Gasteiger partial charge in [-0.25, -0.2) is 4.79 Å². The van der Waals surface area contributed by atoms with Crippen molar-refractivity contribution in [1.29, 1.82) is 0 Å². The van der Waals surface area contributed by atoms with Crippen LogP contribution < -0.4 is 15.8 Å². The first-order valence-corrected chi connectivity index (χ1v) is 16.2. The van der Waals surface area contributed by atoms with Gasteiger partial charge in [0.05, 0.1) is 24.6 Å². The number of hydrogen-bond donors (Lipinski definition) is 2. The van der Waals surface area contributed by atoms with E-state index in [9.17, 15) is 19.2 Å². The third-order valence-corrected chi connectivity index (χ3v) is 7.81. The maximum Gasteiger partial charge on any atom is 0.410 e. The molecule has 3 amide bonds. The number of nitrogens with two attached hydrogens (primary N) is 1. The summed E-state index contributed by atoms with van der Waals surface area (Å²) in [6.07, 6.45) is 7.00. The number of ether oxygens (including phenoxy) is 3. The largest absolute Gasteiger partial charge is 0.491 e. The topological polar surface area (TPSA) is 153 Å². The molecule has 2 atom stereocenters. The molecule has 3 N–H and O–H groups in total. The van der Waals surface area contributed by atoms with Crippen molar-refractivity contribution in [2.45, 2.75) is 104 Å². The Kier molecular flexibility index (Phi) is 13.0. The van der Waals surface area contributed by atoms with Gasteiger partial charge in [-0.15, -0.1) is 0 Å². The van der Waals surface area contributed by atoms with Gasteiger partial charge in [-0.3, -0.25) is 19.4 Å². The van der Waals surface area contributed by atoms with Crippen LogP contribution in [0.3, 0.4) is 0 Å². The van der Waals surface area contributed by atoms with Crippen molar-refractivity contribution in [2.24, 2.45) is 17.6 Å². The van der Waals surface area contributed by atoms with E-state index in [1.165, 1.54) is 0 Å². The first-order valence-electron chi connectivity index (χ1n) is 16.2.